The van der Waals surface area contributed by atoms with Crippen LogP contribution in [0.15, 0.2) is 24.3 Å². The summed E-state index contributed by atoms with van der Waals surface area (Å²) in [5, 5.41) is 3.07. The van der Waals surface area contributed by atoms with Crippen LogP contribution in [0.1, 0.15) is 52.0 Å². The summed E-state index contributed by atoms with van der Waals surface area (Å²) >= 11 is 0. The highest BCUT2D eigenvalue weighted by Gasteiger charge is 2.30. The number of amides is 2. The van der Waals surface area contributed by atoms with E-state index in [1.807, 2.05) is 32.9 Å². The second-order valence-electron chi connectivity index (χ2n) is 8.91. The minimum atomic E-state index is -0.495. The van der Waals surface area contributed by atoms with E-state index in [0.717, 1.165) is 25.3 Å². The normalized spacial score (nSPS) is 18.9. The summed E-state index contributed by atoms with van der Waals surface area (Å²) in [6, 6.07) is 8.15. The van der Waals surface area contributed by atoms with Crippen molar-refractivity contribution in [3.05, 3.63) is 29.8 Å². The van der Waals surface area contributed by atoms with Crippen LogP contribution in [0.2, 0.25) is 0 Å². The lowest BCUT2D eigenvalue weighted by Crippen LogP contribution is -2.43. The van der Waals surface area contributed by atoms with Gasteiger partial charge in [-0.25, -0.2) is 4.79 Å². The van der Waals surface area contributed by atoms with Crippen LogP contribution < -0.4 is 5.32 Å². The molecular formula is C22H33N3O3. The van der Waals surface area contributed by atoms with Gasteiger partial charge < -0.3 is 15.0 Å². The van der Waals surface area contributed by atoms with Gasteiger partial charge in [-0.3, -0.25) is 9.69 Å². The van der Waals surface area contributed by atoms with Gasteiger partial charge in [0.15, 0.2) is 0 Å². The zero-order valence-corrected chi connectivity index (χ0v) is 17.4. The molecule has 0 aromatic heterocycles. The van der Waals surface area contributed by atoms with Gasteiger partial charge in [0.1, 0.15) is 5.60 Å². The summed E-state index contributed by atoms with van der Waals surface area (Å²) in [6.45, 7) is 9.97. The topological polar surface area (TPSA) is 61.9 Å². The Morgan fingerprint density at radius 3 is 2.43 bits per heavy atom. The van der Waals surface area contributed by atoms with Crippen LogP contribution in [0.25, 0.3) is 0 Å². The molecule has 154 valence electrons. The molecule has 3 rings (SSSR count). The maximum absolute atomic E-state index is 12.7. The predicted octanol–water partition coefficient (Wildman–Crippen LogP) is 3.87. The number of hydrogen-bond acceptors (Lipinski definition) is 4. The molecule has 28 heavy (non-hydrogen) atoms. The van der Waals surface area contributed by atoms with Crippen molar-refractivity contribution in [1.82, 2.24) is 9.80 Å². The molecule has 2 aliphatic rings. The molecule has 6 heteroatoms. The van der Waals surface area contributed by atoms with E-state index in [4.69, 9.17) is 4.74 Å². The number of likely N-dealkylation sites (tertiary alicyclic amines) is 2. The number of carbonyl (C=O) groups is 2. The third-order valence-corrected chi connectivity index (χ3v) is 5.32. The van der Waals surface area contributed by atoms with Crippen LogP contribution in [-0.2, 0) is 16.1 Å². The van der Waals surface area contributed by atoms with Crippen LogP contribution in [0, 0.1) is 5.92 Å². The molecule has 2 fully saturated rings. The minimum Gasteiger partial charge on any atom is -0.444 e. The number of hydrogen-bond donors (Lipinski definition) is 1. The van der Waals surface area contributed by atoms with E-state index in [0.29, 0.717) is 25.9 Å². The smallest absolute Gasteiger partial charge is 0.410 e. The third kappa shape index (κ3) is 5.96. The fourth-order valence-corrected chi connectivity index (χ4v) is 3.84. The minimum absolute atomic E-state index is 0.0437. The van der Waals surface area contributed by atoms with Crippen molar-refractivity contribution in [2.24, 2.45) is 5.92 Å². The highest BCUT2D eigenvalue weighted by molar-refractivity contribution is 5.92. The van der Waals surface area contributed by atoms with Crippen molar-refractivity contribution in [2.45, 2.75) is 58.6 Å². The van der Waals surface area contributed by atoms with E-state index in [-0.39, 0.29) is 17.9 Å². The Morgan fingerprint density at radius 2 is 1.79 bits per heavy atom. The van der Waals surface area contributed by atoms with Crippen molar-refractivity contribution >= 4 is 17.7 Å². The number of rotatable bonds is 4. The van der Waals surface area contributed by atoms with E-state index in [1.54, 1.807) is 4.90 Å². The molecule has 1 aromatic rings. The van der Waals surface area contributed by atoms with Gasteiger partial charge in [-0.2, -0.15) is 0 Å². The van der Waals surface area contributed by atoms with Crippen molar-refractivity contribution in [3.63, 3.8) is 0 Å². The molecular weight excluding hydrogens is 354 g/mol. The van der Waals surface area contributed by atoms with Gasteiger partial charge in [0, 0.05) is 31.2 Å². The third-order valence-electron chi connectivity index (χ3n) is 5.32. The Bertz CT molecular complexity index is 685. The molecule has 0 atom stereocenters. The molecule has 6 nitrogen and oxygen atoms in total. The molecule has 0 saturated carbocycles. The number of carbonyl (C=O) groups excluding carboxylic acids is 2. The van der Waals surface area contributed by atoms with Crippen molar-refractivity contribution in [3.8, 4) is 0 Å². The maximum atomic E-state index is 12.7. The van der Waals surface area contributed by atoms with E-state index >= 15 is 0 Å². The molecule has 0 radical (unpaired) electrons. The number of nitrogens with zero attached hydrogens (tertiary/aromatic N) is 2. The lowest BCUT2D eigenvalue weighted by atomic mass is 9.96. The molecule has 0 bridgehead atoms. The zero-order valence-electron chi connectivity index (χ0n) is 17.4. The van der Waals surface area contributed by atoms with Crippen molar-refractivity contribution in [1.29, 1.82) is 0 Å². The van der Waals surface area contributed by atoms with Gasteiger partial charge >= 0.3 is 6.09 Å². The van der Waals surface area contributed by atoms with Crippen LogP contribution in [0.4, 0.5) is 10.5 Å². The Kier molecular flexibility index (Phi) is 6.60. The number of anilines is 1. The Labute approximate surface area is 168 Å². The second-order valence-corrected chi connectivity index (χ2v) is 8.91. The van der Waals surface area contributed by atoms with E-state index in [1.165, 1.54) is 18.4 Å². The SMILES string of the molecule is CC(C)(C)OC(=O)N1CCC(C(=O)Nc2cccc(CN3CCCC3)c2)CC1. The average Bonchev–Trinajstić information content (AvgIpc) is 3.13. The van der Waals surface area contributed by atoms with E-state index in [2.05, 4.69) is 22.3 Å². The summed E-state index contributed by atoms with van der Waals surface area (Å²) < 4.78 is 5.42. The highest BCUT2D eigenvalue weighted by Crippen LogP contribution is 2.22. The van der Waals surface area contributed by atoms with Gasteiger partial charge in [-0.05, 0) is 77.2 Å². The first-order chi connectivity index (χ1) is 13.3. The highest BCUT2D eigenvalue weighted by atomic mass is 16.6. The first-order valence-corrected chi connectivity index (χ1v) is 10.4. The zero-order chi connectivity index (χ0) is 20.1. The molecule has 2 saturated heterocycles. The largest absolute Gasteiger partial charge is 0.444 e. The van der Waals surface area contributed by atoms with Gasteiger partial charge in [-0.15, -0.1) is 0 Å². The molecule has 0 aliphatic carbocycles. The number of piperidine rings is 1. The summed E-state index contributed by atoms with van der Waals surface area (Å²) in [5.74, 6) is -0.0249. The van der Waals surface area contributed by atoms with Crippen molar-refractivity contribution in [2.75, 3.05) is 31.5 Å². The van der Waals surface area contributed by atoms with Gasteiger partial charge in [-0.1, -0.05) is 12.1 Å². The molecule has 1 aromatic carbocycles. The Hall–Kier alpha value is -2.08. The standard InChI is InChI=1S/C22H33N3O3/c1-22(2,3)28-21(27)25-13-9-18(10-14-25)20(26)23-19-8-6-7-17(15-19)16-24-11-4-5-12-24/h6-8,15,18H,4-5,9-14,16H2,1-3H3,(H,23,26). The lowest BCUT2D eigenvalue weighted by Gasteiger charge is -2.32. The fraction of sp³-hybridized carbons (Fsp3) is 0.636. The fourth-order valence-electron chi connectivity index (χ4n) is 3.84. The summed E-state index contributed by atoms with van der Waals surface area (Å²) in [5.41, 5.74) is 1.60. The van der Waals surface area contributed by atoms with E-state index in [9.17, 15) is 9.59 Å². The summed E-state index contributed by atoms with van der Waals surface area (Å²) in [7, 11) is 0. The van der Waals surface area contributed by atoms with E-state index < -0.39 is 5.60 Å². The summed E-state index contributed by atoms with van der Waals surface area (Å²) in [4.78, 5) is 29.0. The van der Waals surface area contributed by atoms with Crippen LogP contribution >= 0.6 is 0 Å². The molecule has 0 spiro atoms. The number of ether oxygens (including phenoxy) is 1. The monoisotopic (exact) mass is 387 g/mol. The lowest BCUT2D eigenvalue weighted by molar-refractivity contribution is -0.121. The Balaban J connectivity index is 1.48. The van der Waals surface area contributed by atoms with Crippen molar-refractivity contribution < 1.29 is 14.3 Å². The molecule has 2 aliphatic heterocycles. The Morgan fingerprint density at radius 1 is 1.11 bits per heavy atom. The number of benzene rings is 1. The second kappa shape index (κ2) is 8.95. The quantitative estimate of drug-likeness (QED) is 0.852. The van der Waals surface area contributed by atoms with Gasteiger partial charge in [0.2, 0.25) is 5.91 Å². The number of nitrogens with one attached hydrogen (secondary N) is 1. The molecule has 1 N–H and O–H groups in total. The van der Waals surface area contributed by atoms with Gasteiger partial charge in [0.05, 0.1) is 0 Å². The predicted molar refractivity (Wildman–Crippen MR) is 110 cm³/mol. The molecule has 0 unspecified atom stereocenters. The van der Waals surface area contributed by atoms with Crippen LogP contribution in [0.5, 0.6) is 0 Å². The van der Waals surface area contributed by atoms with Crippen LogP contribution in [-0.4, -0.2) is 53.6 Å². The average molecular weight is 388 g/mol. The first kappa shape index (κ1) is 20.6. The first-order valence-electron chi connectivity index (χ1n) is 10.4. The molecule has 2 heterocycles. The van der Waals surface area contributed by atoms with Gasteiger partial charge in [0.25, 0.3) is 0 Å². The summed E-state index contributed by atoms with van der Waals surface area (Å²) in [6.07, 6.45) is 3.59. The van der Waals surface area contributed by atoms with Crippen LogP contribution in [0.3, 0.4) is 0 Å². The maximum Gasteiger partial charge on any atom is 0.410 e. The molecule has 2 amide bonds.